The van der Waals surface area contributed by atoms with Gasteiger partial charge in [0.05, 0.1) is 5.69 Å². The second kappa shape index (κ2) is 6.66. The molecule has 0 bridgehead atoms. The van der Waals surface area contributed by atoms with Crippen LogP contribution in [-0.2, 0) is 11.3 Å². The van der Waals surface area contributed by atoms with Gasteiger partial charge >= 0.3 is 0 Å². The maximum atomic E-state index is 13.0. The van der Waals surface area contributed by atoms with Crippen LogP contribution in [0.25, 0.3) is 16.8 Å². The summed E-state index contributed by atoms with van der Waals surface area (Å²) < 4.78 is 16.0. The number of hydrogen-bond acceptors (Lipinski definition) is 3. The summed E-state index contributed by atoms with van der Waals surface area (Å²) in [4.78, 5) is 24.0. The van der Waals surface area contributed by atoms with Crippen LogP contribution in [0.5, 0.6) is 0 Å². The number of carbonyl (C=O) groups excluding carboxylic acids is 1. The number of carbonyl (C=O) groups is 1. The normalized spacial score (nSPS) is 10.9. The largest absolute Gasteiger partial charge is 0.356 e. The summed E-state index contributed by atoms with van der Waals surface area (Å²) >= 11 is 0. The van der Waals surface area contributed by atoms with Crippen LogP contribution >= 0.6 is 0 Å². The molecule has 0 unspecified atom stereocenters. The Morgan fingerprint density at radius 3 is 2.71 bits per heavy atom. The van der Waals surface area contributed by atoms with Crippen LogP contribution in [0, 0.1) is 5.82 Å². The minimum absolute atomic E-state index is 0.0928. The highest BCUT2D eigenvalue weighted by Gasteiger charge is 2.10. The third-order valence-corrected chi connectivity index (χ3v) is 3.70. The van der Waals surface area contributed by atoms with Crippen molar-refractivity contribution in [1.82, 2.24) is 19.5 Å². The summed E-state index contributed by atoms with van der Waals surface area (Å²) in [5, 5.41) is 7.04. The second-order valence-corrected chi connectivity index (χ2v) is 5.37. The number of aromatic nitrogens is 3. The molecule has 7 heteroatoms. The van der Waals surface area contributed by atoms with Gasteiger partial charge in [-0.15, -0.1) is 0 Å². The molecule has 2 aromatic heterocycles. The van der Waals surface area contributed by atoms with Gasteiger partial charge in [-0.2, -0.15) is 5.10 Å². The summed E-state index contributed by atoms with van der Waals surface area (Å²) in [5.41, 5.74) is 1.51. The van der Waals surface area contributed by atoms with E-state index in [0.29, 0.717) is 24.3 Å². The van der Waals surface area contributed by atoms with E-state index < -0.39 is 0 Å². The van der Waals surface area contributed by atoms with Gasteiger partial charge in [0.25, 0.3) is 5.56 Å². The molecule has 0 saturated carbocycles. The number of nitrogens with zero attached hydrogens (tertiary/aromatic N) is 3. The van der Waals surface area contributed by atoms with Crippen LogP contribution < -0.4 is 10.9 Å². The molecule has 0 saturated heterocycles. The smallest absolute Gasteiger partial charge is 0.276 e. The lowest BCUT2D eigenvalue weighted by Gasteiger charge is -2.05. The van der Waals surface area contributed by atoms with E-state index in [1.807, 2.05) is 6.92 Å². The highest BCUT2D eigenvalue weighted by Crippen LogP contribution is 2.18. The molecule has 0 aliphatic carbocycles. The summed E-state index contributed by atoms with van der Waals surface area (Å²) in [5.74, 6) is -0.417. The predicted octanol–water partition coefficient (Wildman–Crippen LogP) is 1.83. The van der Waals surface area contributed by atoms with E-state index in [2.05, 4.69) is 10.4 Å². The third-order valence-electron chi connectivity index (χ3n) is 3.70. The van der Waals surface area contributed by atoms with Crippen molar-refractivity contribution in [2.24, 2.45) is 0 Å². The minimum atomic E-state index is -0.324. The molecule has 2 heterocycles. The van der Waals surface area contributed by atoms with Crippen molar-refractivity contribution in [2.45, 2.75) is 19.9 Å². The summed E-state index contributed by atoms with van der Waals surface area (Å²) in [6.07, 6.45) is 3.51. The van der Waals surface area contributed by atoms with Crippen LogP contribution in [-0.4, -0.2) is 26.6 Å². The summed E-state index contributed by atoms with van der Waals surface area (Å²) in [6.45, 7) is 2.72. The number of benzene rings is 1. The van der Waals surface area contributed by atoms with Gasteiger partial charge in [0.15, 0.2) is 0 Å². The number of nitrogens with one attached hydrogen (secondary N) is 1. The Labute approximate surface area is 137 Å². The first kappa shape index (κ1) is 15.9. The lowest BCUT2D eigenvalue weighted by Crippen LogP contribution is -2.27. The van der Waals surface area contributed by atoms with Crippen LogP contribution in [0.1, 0.15) is 13.3 Å². The standard InChI is InChI=1S/C17H17FN4O2/c1-2-19-16(23)7-8-21-9-10-22-15(17(21)24)11-14(20-22)12-3-5-13(18)6-4-12/h3-6,9-11H,2,7-8H2,1H3,(H,19,23). The fourth-order valence-electron chi connectivity index (χ4n) is 2.47. The Kier molecular flexibility index (Phi) is 4.41. The molecule has 6 nitrogen and oxygen atoms in total. The van der Waals surface area contributed by atoms with Crippen LogP contribution in [0.3, 0.4) is 0 Å². The zero-order valence-electron chi connectivity index (χ0n) is 13.2. The van der Waals surface area contributed by atoms with Gasteiger partial charge in [-0.25, -0.2) is 8.91 Å². The molecule has 0 fully saturated rings. The lowest BCUT2D eigenvalue weighted by atomic mass is 10.1. The van der Waals surface area contributed by atoms with Crippen molar-refractivity contribution in [2.75, 3.05) is 6.54 Å². The molecule has 3 aromatic rings. The monoisotopic (exact) mass is 328 g/mol. The van der Waals surface area contributed by atoms with E-state index in [0.717, 1.165) is 5.56 Å². The molecule has 1 N–H and O–H groups in total. The SMILES string of the molecule is CCNC(=O)CCn1ccn2nc(-c3ccc(F)cc3)cc2c1=O. The molecule has 0 radical (unpaired) electrons. The van der Waals surface area contributed by atoms with Gasteiger partial charge in [0.2, 0.25) is 5.91 Å². The van der Waals surface area contributed by atoms with Gasteiger partial charge < -0.3 is 9.88 Å². The average molecular weight is 328 g/mol. The molecule has 0 aliphatic heterocycles. The van der Waals surface area contributed by atoms with E-state index in [1.165, 1.54) is 21.2 Å². The molecule has 1 aromatic carbocycles. The van der Waals surface area contributed by atoms with E-state index in [-0.39, 0.29) is 23.7 Å². The maximum Gasteiger partial charge on any atom is 0.276 e. The number of aryl methyl sites for hydroxylation is 1. The predicted molar refractivity (Wildman–Crippen MR) is 88.1 cm³/mol. The number of fused-ring (bicyclic) bond motifs is 1. The first-order valence-corrected chi connectivity index (χ1v) is 7.70. The van der Waals surface area contributed by atoms with E-state index >= 15 is 0 Å². The number of hydrogen-bond donors (Lipinski definition) is 1. The zero-order chi connectivity index (χ0) is 17.1. The highest BCUT2D eigenvalue weighted by molar-refractivity contribution is 5.75. The molecule has 0 atom stereocenters. The molecule has 0 aliphatic rings. The molecular formula is C17H17FN4O2. The first-order chi connectivity index (χ1) is 11.6. The second-order valence-electron chi connectivity index (χ2n) is 5.37. The topological polar surface area (TPSA) is 68.4 Å². The Morgan fingerprint density at radius 1 is 1.25 bits per heavy atom. The van der Waals surface area contributed by atoms with Crippen LogP contribution in [0.15, 0.2) is 47.5 Å². The third kappa shape index (κ3) is 3.19. The molecular weight excluding hydrogens is 311 g/mol. The molecule has 0 spiro atoms. The Balaban J connectivity index is 1.90. The fourth-order valence-corrected chi connectivity index (χ4v) is 2.47. The maximum absolute atomic E-state index is 13.0. The minimum Gasteiger partial charge on any atom is -0.356 e. The van der Waals surface area contributed by atoms with Crippen molar-refractivity contribution in [3.8, 4) is 11.3 Å². The first-order valence-electron chi connectivity index (χ1n) is 7.70. The van der Waals surface area contributed by atoms with Gasteiger partial charge in [-0.1, -0.05) is 0 Å². The lowest BCUT2D eigenvalue weighted by molar-refractivity contribution is -0.121. The fraction of sp³-hybridized carbons (Fsp3) is 0.235. The van der Waals surface area contributed by atoms with Crippen molar-refractivity contribution >= 4 is 11.4 Å². The number of rotatable bonds is 5. The van der Waals surface area contributed by atoms with Gasteiger partial charge in [0.1, 0.15) is 11.3 Å². The van der Waals surface area contributed by atoms with Crippen molar-refractivity contribution in [3.63, 3.8) is 0 Å². The Bertz CT molecular complexity index is 928. The van der Waals surface area contributed by atoms with Gasteiger partial charge in [0, 0.05) is 37.5 Å². The number of amides is 1. The molecule has 3 rings (SSSR count). The van der Waals surface area contributed by atoms with E-state index in [1.54, 1.807) is 30.6 Å². The van der Waals surface area contributed by atoms with E-state index in [4.69, 9.17) is 0 Å². The zero-order valence-corrected chi connectivity index (χ0v) is 13.2. The summed E-state index contributed by atoms with van der Waals surface area (Å²) in [6, 6.07) is 7.60. The van der Waals surface area contributed by atoms with Gasteiger partial charge in [-0.3, -0.25) is 9.59 Å². The highest BCUT2D eigenvalue weighted by atomic mass is 19.1. The molecule has 1 amide bonds. The molecule has 124 valence electrons. The van der Waals surface area contributed by atoms with Crippen LogP contribution in [0.4, 0.5) is 4.39 Å². The summed E-state index contributed by atoms with van der Waals surface area (Å²) in [7, 11) is 0. The van der Waals surface area contributed by atoms with Crippen LogP contribution in [0.2, 0.25) is 0 Å². The Hall–Kier alpha value is -2.96. The van der Waals surface area contributed by atoms with Crippen molar-refractivity contribution in [1.29, 1.82) is 0 Å². The van der Waals surface area contributed by atoms with Crippen molar-refractivity contribution in [3.05, 3.63) is 58.9 Å². The average Bonchev–Trinajstić information content (AvgIpc) is 3.00. The quantitative estimate of drug-likeness (QED) is 0.777. The van der Waals surface area contributed by atoms with Gasteiger partial charge in [-0.05, 0) is 37.3 Å². The van der Waals surface area contributed by atoms with E-state index in [9.17, 15) is 14.0 Å². The Morgan fingerprint density at radius 2 is 2.00 bits per heavy atom. The number of halogens is 1. The van der Waals surface area contributed by atoms with Crippen molar-refractivity contribution < 1.29 is 9.18 Å². The molecule has 24 heavy (non-hydrogen) atoms.